The van der Waals surface area contributed by atoms with Gasteiger partial charge in [0.25, 0.3) is 10.0 Å². The molecule has 0 spiro atoms. The zero-order valence-corrected chi connectivity index (χ0v) is 26.5. The molecule has 3 aromatic rings. The van der Waals surface area contributed by atoms with Crippen LogP contribution in [0.1, 0.15) is 39.2 Å². The number of rotatable bonds is 14. The van der Waals surface area contributed by atoms with Gasteiger partial charge in [-0.05, 0) is 86.0 Å². The van der Waals surface area contributed by atoms with E-state index in [0.29, 0.717) is 36.0 Å². The van der Waals surface area contributed by atoms with Crippen molar-refractivity contribution in [2.24, 2.45) is 0 Å². The molecule has 0 aliphatic rings. The Kier molecular flexibility index (Phi) is 12.1. The van der Waals surface area contributed by atoms with Crippen LogP contribution < -0.4 is 14.4 Å². The van der Waals surface area contributed by atoms with Crippen LogP contribution in [0.4, 0.5) is 5.69 Å². The summed E-state index contributed by atoms with van der Waals surface area (Å²) in [6.07, 6.45) is 1.08. The minimum atomic E-state index is -4.16. The molecule has 3 rings (SSSR count). The quantitative estimate of drug-likeness (QED) is 0.227. The van der Waals surface area contributed by atoms with Crippen molar-refractivity contribution in [2.45, 2.75) is 51.1 Å². The van der Waals surface area contributed by atoms with Crippen molar-refractivity contribution in [1.82, 2.24) is 10.2 Å². The lowest BCUT2D eigenvalue weighted by molar-refractivity contribution is -0.140. The number of nitrogens with one attached hydrogen (secondary N) is 1. The number of amides is 2. The van der Waals surface area contributed by atoms with Gasteiger partial charge in [-0.2, -0.15) is 0 Å². The molecule has 11 heteroatoms. The molecule has 0 aromatic heterocycles. The number of nitrogens with zero attached hydrogens (tertiary/aromatic N) is 2. The molecule has 41 heavy (non-hydrogen) atoms. The Morgan fingerprint density at radius 1 is 0.951 bits per heavy atom. The zero-order chi connectivity index (χ0) is 30.0. The van der Waals surface area contributed by atoms with Crippen LogP contribution >= 0.6 is 27.5 Å². The zero-order valence-electron chi connectivity index (χ0n) is 23.3. The van der Waals surface area contributed by atoms with Gasteiger partial charge in [0, 0.05) is 22.6 Å². The number of halogens is 2. The van der Waals surface area contributed by atoms with Crippen LogP contribution in [0.15, 0.2) is 82.2 Å². The highest BCUT2D eigenvalue weighted by Crippen LogP contribution is 2.27. The van der Waals surface area contributed by atoms with Crippen molar-refractivity contribution in [2.75, 3.05) is 24.0 Å². The standard InChI is InChI=1S/C30H35BrClN3O5S/c1-4-19-33-30(37)28(5-2)34(20-22-7-11-24(32)12-8-22)29(36)21-35(25-13-15-26(16-14-25)40-6-3)41(38,39)27-17-9-23(31)10-18-27/h7-18,28H,4-6,19-21H2,1-3H3,(H,33,37). The summed E-state index contributed by atoms with van der Waals surface area (Å²) < 4.78 is 35.2. The first kappa shape index (κ1) is 32.4. The van der Waals surface area contributed by atoms with Crippen molar-refractivity contribution in [3.8, 4) is 5.75 Å². The van der Waals surface area contributed by atoms with Crippen molar-refractivity contribution in [3.05, 3.63) is 87.9 Å². The second-order valence-corrected chi connectivity index (χ2v) is 12.5. The monoisotopic (exact) mass is 663 g/mol. The summed E-state index contributed by atoms with van der Waals surface area (Å²) >= 11 is 9.40. The van der Waals surface area contributed by atoms with Gasteiger partial charge in [0.15, 0.2) is 0 Å². The Labute approximate surface area is 255 Å². The van der Waals surface area contributed by atoms with Gasteiger partial charge >= 0.3 is 0 Å². The smallest absolute Gasteiger partial charge is 0.264 e. The maximum Gasteiger partial charge on any atom is 0.264 e. The summed E-state index contributed by atoms with van der Waals surface area (Å²) in [6, 6.07) is 18.9. The number of hydrogen-bond donors (Lipinski definition) is 1. The van der Waals surface area contributed by atoms with Gasteiger partial charge in [-0.3, -0.25) is 13.9 Å². The van der Waals surface area contributed by atoms with Gasteiger partial charge in [0.2, 0.25) is 11.8 Å². The highest BCUT2D eigenvalue weighted by Gasteiger charge is 2.33. The summed E-state index contributed by atoms with van der Waals surface area (Å²) in [5.74, 6) is -0.236. The topological polar surface area (TPSA) is 96.0 Å². The van der Waals surface area contributed by atoms with E-state index in [1.54, 1.807) is 60.7 Å². The predicted molar refractivity (Wildman–Crippen MR) is 166 cm³/mol. The van der Waals surface area contributed by atoms with E-state index >= 15 is 0 Å². The molecule has 220 valence electrons. The van der Waals surface area contributed by atoms with Crippen LogP contribution in [0, 0.1) is 0 Å². The van der Waals surface area contributed by atoms with Crippen molar-refractivity contribution < 1.29 is 22.7 Å². The number of ether oxygens (including phenoxy) is 1. The molecule has 0 saturated carbocycles. The minimum absolute atomic E-state index is 0.0272. The molecule has 1 N–H and O–H groups in total. The molecule has 1 unspecified atom stereocenters. The second kappa shape index (κ2) is 15.2. The Balaban J connectivity index is 2.04. The molecular formula is C30H35BrClN3O5S. The summed E-state index contributed by atoms with van der Waals surface area (Å²) in [5.41, 5.74) is 1.05. The molecule has 0 fully saturated rings. The molecule has 0 aliphatic heterocycles. The normalized spacial score (nSPS) is 11.9. The second-order valence-electron chi connectivity index (χ2n) is 9.26. The first-order chi connectivity index (χ1) is 19.6. The molecule has 0 radical (unpaired) electrons. The van der Waals surface area contributed by atoms with E-state index in [1.807, 2.05) is 20.8 Å². The first-order valence-electron chi connectivity index (χ1n) is 13.4. The Hall–Kier alpha value is -3.08. The third-order valence-corrected chi connectivity index (χ3v) is 8.89. The van der Waals surface area contributed by atoms with E-state index in [0.717, 1.165) is 20.8 Å². The number of anilines is 1. The van der Waals surface area contributed by atoms with Gasteiger partial charge in [-0.25, -0.2) is 8.42 Å². The molecular weight excluding hydrogens is 630 g/mol. The first-order valence-corrected chi connectivity index (χ1v) is 16.0. The average molecular weight is 665 g/mol. The molecule has 1 atom stereocenters. The van der Waals surface area contributed by atoms with Crippen molar-refractivity contribution >= 4 is 55.1 Å². The highest BCUT2D eigenvalue weighted by molar-refractivity contribution is 9.10. The maximum absolute atomic E-state index is 14.1. The van der Waals surface area contributed by atoms with Gasteiger partial charge < -0.3 is 15.0 Å². The Morgan fingerprint density at radius 3 is 2.15 bits per heavy atom. The molecule has 0 heterocycles. The number of sulfonamides is 1. The highest BCUT2D eigenvalue weighted by atomic mass is 79.9. The third kappa shape index (κ3) is 8.70. The molecule has 8 nitrogen and oxygen atoms in total. The van der Waals surface area contributed by atoms with E-state index in [4.69, 9.17) is 16.3 Å². The lowest BCUT2D eigenvalue weighted by atomic mass is 10.1. The third-order valence-electron chi connectivity index (χ3n) is 6.32. The Morgan fingerprint density at radius 2 is 1.59 bits per heavy atom. The van der Waals surface area contributed by atoms with Gasteiger partial charge in [0.1, 0.15) is 18.3 Å². The van der Waals surface area contributed by atoms with E-state index in [9.17, 15) is 18.0 Å². The SMILES string of the molecule is CCCNC(=O)C(CC)N(Cc1ccc(Cl)cc1)C(=O)CN(c1ccc(OCC)cc1)S(=O)(=O)c1ccc(Br)cc1. The van der Waals surface area contributed by atoms with E-state index in [-0.39, 0.29) is 17.3 Å². The van der Waals surface area contributed by atoms with Crippen LogP contribution in [0.5, 0.6) is 5.75 Å². The number of carbonyl (C=O) groups excluding carboxylic acids is 2. The van der Waals surface area contributed by atoms with Crippen molar-refractivity contribution in [3.63, 3.8) is 0 Å². The molecule has 0 aliphatic carbocycles. The van der Waals surface area contributed by atoms with Crippen LogP contribution in [0.3, 0.4) is 0 Å². The number of hydrogen-bond acceptors (Lipinski definition) is 5. The van der Waals surface area contributed by atoms with Crippen LogP contribution in [0.2, 0.25) is 5.02 Å². The number of carbonyl (C=O) groups is 2. The largest absolute Gasteiger partial charge is 0.494 e. The van der Waals surface area contributed by atoms with Crippen molar-refractivity contribution in [1.29, 1.82) is 0 Å². The van der Waals surface area contributed by atoms with E-state index in [1.165, 1.54) is 17.0 Å². The maximum atomic E-state index is 14.1. The molecule has 0 bridgehead atoms. The summed E-state index contributed by atoms with van der Waals surface area (Å²) in [5, 5.41) is 3.42. The summed E-state index contributed by atoms with van der Waals surface area (Å²) in [4.78, 5) is 28.7. The van der Waals surface area contributed by atoms with Crippen LogP contribution in [-0.2, 0) is 26.2 Å². The minimum Gasteiger partial charge on any atom is -0.494 e. The number of benzene rings is 3. The fourth-order valence-electron chi connectivity index (χ4n) is 4.21. The summed E-state index contributed by atoms with van der Waals surface area (Å²) in [7, 11) is -4.16. The van der Waals surface area contributed by atoms with Crippen LogP contribution in [0.25, 0.3) is 0 Å². The van der Waals surface area contributed by atoms with E-state index < -0.39 is 28.5 Å². The fourth-order valence-corrected chi connectivity index (χ4v) is 6.01. The average Bonchev–Trinajstić information content (AvgIpc) is 2.96. The van der Waals surface area contributed by atoms with Gasteiger partial charge in [-0.15, -0.1) is 0 Å². The van der Waals surface area contributed by atoms with E-state index in [2.05, 4.69) is 21.2 Å². The van der Waals surface area contributed by atoms with Crippen LogP contribution in [-0.4, -0.2) is 50.9 Å². The molecule has 3 aromatic carbocycles. The predicted octanol–water partition coefficient (Wildman–Crippen LogP) is 6.03. The van der Waals surface area contributed by atoms with Gasteiger partial charge in [-0.1, -0.05) is 53.5 Å². The molecule has 2 amide bonds. The fraction of sp³-hybridized carbons (Fsp3) is 0.333. The molecule has 0 saturated heterocycles. The van der Waals surface area contributed by atoms with Gasteiger partial charge in [0.05, 0.1) is 17.2 Å². The lowest BCUT2D eigenvalue weighted by Crippen LogP contribution is -2.52. The Bertz CT molecular complexity index is 1400. The summed E-state index contributed by atoms with van der Waals surface area (Å²) in [6.45, 7) is 6.13. The lowest BCUT2D eigenvalue weighted by Gasteiger charge is -2.33.